The minimum atomic E-state index is -0.372. The Morgan fingerprint density at radius 3 is 2.12 bits per heavy atom. The van der Waals surface area contributed by atoms with E-state index in [0.29, 0.717) is 29.1 Å². The molecule has 1 aliphatic rings. The summed E-state index contributed by atoms with van der Waals surface area (Å²) in [4.78, 5) is 28.3. The second-order valence-electron chi connectivity index (χ2n) is 7.91. The molecule has 0 bridgehead atoms. The molecule has 5 nitrogen and oxygen atoms in total. The summed E-state index contributed by atoms with van der Waals surface area (Å²) in [7, 11) is 0. The molecular formula is C27H26N2O3. The van der Waals surface area contributed by atoms with Crippen molar-refractivity contribution >= 4 is 28.8 Å². The van der Waals surface area contributed by atoms with E-state index >= 15 is 0 Å². The number of carbonyl (C=O) groups is 2. The number of amides is 2. The molecule has 0 fully saturated rings. The van der Waals surface area contributed by atoms with Crippen LogP contribution in [0.2, 0.25) is 0 Å². The van der Waals surface area contributed by atoms with Crippen molar-refractivity contribution in [3.8, 4) is 5.75 Å². The van der Waals surface area contributed by atoms with Crippen LogP contribution >= 0.6 is 0 Å². The number of nitrogens with one attached hydrogen (secondary N) is 1. The van der Waals surface area contributed by atoms with Gasteiger partial charge in [-0.3, -0.25) is 9.59 Å². The van der Waals surface area contributed by atoms with Gasteiger partial charge in [-0.25, -0.2) is 4.90 Å². The molecule has 162 valence electrons. The first-order valence-electron chi connectivity index (χ1n) is 10.7. The van der Waals surface area contributed by atoms with Gasteiger partial charge >= 0.3 is 0 Å². The minimum absolute atomic E-state index is 0.265. The van der Waals surface area contributed by atoms with Gasteiger partial charge in [0.1, 0.15) is 11.4 Å². The van der Waals surface area contributed by atoms with E-state index in [-0.39, 0.29) is 17.5 Å². The van der Waals surface area contributed by atoms with Crippen LogP contribution in [0.5, 0.6) is 5.75 Å². The Kier molecular flexibility index (Phi) is 5.82. The molecule has 0 aromatic heterocycles. The molecule has 3 aromatic rings. The molecule has 2 amide bonds. The SMILES string of the molecule is CCOc1ccc(NC2=C(c3ccc(C)cc3)C(=O)N(c3ccc(C)c(C)c3)C2=O)cc1. The molecule has 4 rings (SSSR count). The number of ether oxygens (including phenoxy) is 1. The molecule has 3 aromatic carbocycles. The Balaban J connectivity index is 1.77. The summed E-state index contributed by atoms with van der Waals surface area (Å²) >= 11 is 0. The standard InChI is InChI=1S/C27H26N2O3/c1-5-32-23-14-11-21(12-15-23)28-25-24(20-9-6-17(2)7-10-20)26(30)29(27(25)31)22-13-8-18(3)19(4)16-22/h6-16,28H,5H2,1-4H3. The quantitative estimate of drug-likeness (QED) is 0.536. The predicted molar refractivity (Wildman–Crippen MR) is 128 cm³/mol. The summed E-state index contributed by atoms with van der Waals surface area (Å²) in [6, 6.07) is 20.6. The Bertz CT molecular complexity index is 1210. The molecule has 5 heteroatoms. The maximum absolute atomic E-state index is 13.5. The van der Waals surface area contributed by atoms with Crippen molar-refractivity contribution in [1.29, 1.82) is 0 Å². The van der Waals surface area contributed by atoms with Crippen molar-refractivity contribution in [1.82, 2.24) is 0 Å². The first-order chi connectivity index (χ1) is 15.4. The van der Waals surface area contributed by atoms with Crippen molar-refractivity contribution in [2.45, 2.75) is 27.7 Å². The monoisotopic (exact) mass is 426 g/mol. The Morgan fingerprint density at radius 1 is 0.812 bits per heavy atom. The fraction of sp³-hybridized carbons (Fsp3) is 0.185. The average molecular weight is 427 g/mol. The lowest BCUT2D eigenvalue weighted by Gasteiger charge is -2.17. The largest absolute Gasteiger partial charge is 0.494 e. The Hall–Kier alpha value is -3.86. The van der Waals surface area contributed by atoms with Gasteiger partial charge in [-0.1, -0.05) is 35.9 Å². The second kappa shape index (κ2) is 8.71. The van der Waals surface area contributed by atoms with Crippen molar-refractivity contribution in [3.05, 3.63) is 94.7 Å². The van der Waals surface area contributed by atoms with Gasteiger partial charge in [0.2, 0.25) is 0 Å². The first-order valence-corrected chi connectivity index (χ1v) is 10.7. The molecule has 1 heterocycles. The number of benzene rings is 3. The molecule has 0 unspecified atom stereocenters. The molecule has 0 radical (unpaired) electrons. The van der Waals surface area contributed by atoms with Crippen LogP contribution in [-0.4, -0.2) is 18.4 Å². The first kappa shape index (κ1) is 21.4. The van der Waals surface area contributed by atoms with Crippen molar-refractivity contribution in [2.24, 2.45) is 0 Å². The number of anilines is 2. The van der Waals surface area contributed by atoms with Gasteiger partial charge < -0.3 is 10.1 Å². The average Bonchev–Trinajstić information content (AvgIpc) is 3.02. The van der Waals surface area contributed by atoms with Crippen LogP contribution in [0.4, 0.5) is 11.4 Å². The molecule has 1 aliphatic heterocycles. The maximum atomic E-state index is 13.5. The Morgan fingerprint density at radius 2 is 1.50 bits per heavy atom. The highest BCUT2D eigenvalue weighted by Crippen LogP contribution is 2.34. The number of hydrogen-bond donors (Lipinski definition) is 1. The zero-order valence-corrected chi connectivity index (χ0v) is 18.7. The zero-order valence-electron chi connectivity index (χ0n) is 18.7. The third-order valence-electron chi connectivity index (χ3n) is 5.61. The van der Waals surface area contributed by atoms with Gasteiger partial charge in [0, 0.05) is 5.69 Å². The van der Waals surface area contributed by atoms with Crippen molar-refractivity contribution in [3.63, 3.8) is 0 Å². The number of carbonyl (C=O) groups excluding carboxylic acids is 2. The summed E-state index contributed by atoms with van der Waals surface area (Å²) in [5.74, 6) is 0.0367. The van der Waals surface area contributed by atoms with E-state index in [4.69, 9.17) is 4.74 Å². The van der Waals surface area contributed by atoms with Crippen LogP contribution in [0.1, 0.15) is 29.2 Å². The number of hydrogen-bond acceptors (Lipinski definition) is 4. The van der Waals surface area contributed by atoms with Gasteiger partial charge in [-0.05, 0) is 80.8 Å². The van der Waals surface area contributed by atoms with Gasteiger partial charge in [-0.2, -0.15) is 0 Å². The molecule has 0 atom stereocenters. The van der Waals surface area contributed by atoms with Gasteiger partial charge in [0.25, 0.3) is 11.8 Å². The minimum Gasteiger partial charge on any atom is -0.494 e. The highest BCUT2D eigenvalue weighted by Gasteiger charge is 2.40. The van der Waals surface area contributed by atoms with E-state index in [1.165, 1.54) is 4.90 Å². The van der Waals surface area contributed by atoms with E-state index in [1.807, 2.05) is 94.4 Å². The zero-order chi connectivity index (χ0) is 22.8. The highest BCUT2D eigenvalue weighted by atomic mass is 16.5. The molecule has 0 spiro atoms. The second-order valence-corrected chi connectivity index (χ2v) is 7.91. The van der Waals surface area contributed by atoms with Crippen LogP contribution in [-0.2, 0) is 9.59 Å². The summed E-state index contributed by atoms with van der Waals surface area (Å²) in [5.41, 5.74) is 5.81. The number of imide groups is 1. The van der Waals surface area contributed by atoms with Gasteiger partial charge in [0.15, 0.2) is 0 Å². The van der Waals surface area contributed by atoms with Crippen LogP contribution < -0.4 is 15.0 Å². The molecular weight excluding hydrogens is 400 g/mol. The van der Waals surface area contributed by atoms with E-state index in [2.05, 4.69) is 5.32 Å². The predicted octanol–water partition coefficient (Wildman–Crippen LogP) is 5.41. The third-order valence-corrected chi connectivity index (χ3v) is 5.61. The molecule has 32 heavy (non-hydrogen) atoms. The summed E-state index contributed by atoms with van der Waals surface area (Å²) in [5, 5.41) is 3.19. The lowest BCUT2D eigenvalue weighted by molar-refractivity contribution is -0.120. The van der Waals surface area contributed by atoms with E-state index < -0.39 is 0 Å². The van der Waals surface area contributed by atoms with E-state index in [9.17, 15) is 9.59 Å². The summed E-state index contributed by atoms with van der Waals surface area (Å²) < 4.78 is 5.50. The van der Waals surface area contributed by atoms with Gasteiger partial charge in [0.05, 0.1) is 17.9 Å². The lowest BCUT2D eigenvalue weighted by atomic mass is 10.0. The van der Waals surface area contributed by atoms with Crippen molar-refractivity contribution in [2.75, 3.05) is 16.8 Å². The normalized spacial score (nSPS) is 13.7. The third kappa shape index (κ3) is 4.02. The van der Waals surface area contributed by atoms with E-state index in [1.54, 1.807) is 0 Å². The number of rotatable bonds is 6. The summed E-state index contributed by atoms with van der Waals surface area (Å²) in [6.07, 6.45) is 0. The number of nitrogens with zero attached hydrogens (tertiary/aromatic N) is 1. The van der Waals surface area contributed by atoms with Gasteiger partial charge in [-0.15, -0.1) is 0 Å². The smallest absolute Gasteiger partial charge is 0.282 e. The molecule has 0 saturated carbocycles. The highest BCUT2D eigenvalue weighted by molar-refractivity contribution is 6.46. The summed E-state index contributed by atoms with van der Waals surface area (Å²) in [6.45, 7) is 8.46. The lowest BCUT2D eigenvalue weighted by Crippen LogP contribution is -2.32. The fourth-order valence-electron chi connectivity index (χ4n) is 3.68. The number of aryl methyl sites for hydroxylation is 3. The Labute approximate surface area is 188 Å². The maximum Gasteiger partial charge on any atom is 0.282 e. The molecule has 0 saturated heterocycles. The van der Waals surface area contributed by atoms with Crippen LogP contribution in [0, 0.1) is 20.8 Å². The molecule has 0 aliphatic carbocycles. The van der Waals surface area contributed by atoms with Crippen LogP contribution in [0.3, 0.4) is 0 Å². The fourth-order valence-corrected chi connectivity index (χ4v) is 3.68. The van der Waals surface area contributed by atoms with Crippen molar-refractivity contribution < 1.29 is 14.3 Å². The molecule has 1 N–H and O–H groups in total. The van der Waals surface area contributed by atoms with Crippen LogP contribution in [0.25, 0.3) is 5.57 Å². The van der Waals surface area contributed by atoms with E-state index in [0.717, 1.165) is 22.4 Å². The van der Waals surface area contributed by atoms with Crippen LogP contribution in [0.15, 0.2) is 72.4 Å². The topological polar surface area (TPSA) is 58.6 Å².